The molecule has 0 aromatic rings. The molecule has 0 aromatic heterocycles. The lowest BCUT2D eigenvalue weighted by Crippen LogP contribution is -2.51. The fourth-order valence-corrected chi connectivity index (χ4v) is 10.1. The van der Waals surface area contributed by atoms with Crippen LogP contribution in [0.1, 0.15) is 174 Å². The van der Waals surface area contributed by atoms with Crippen molar-refractivity contribution in [3.05, 3.63) is 0 Å². The average molecular weight is 707 g/mol. The highest BCUT2D eigenvalue weighted by atomic mass is 16.7. The fraction of sp³-hybridized carbons (Fsp3) is 1.00. The minimum absolute atomic E-state index is 0.00750. The maximum Gasteiger partial charge on any atom is 0.160 e. The van der Waals surface area contributed by atoms with E-state index in [1.165, 1.54) is 70.6 Å². The molecule has 0 radical (unpaired) electrons. The van der Waals surface area contributed by atoms with Gasteiger partial charge in [0, 0.05) is 23.7 Å². The fourth-order valence-electron chi connectivity index (χ4n) is 10.1. The Labute approximate surface area is 309 Å². The third-order valence-corrected chi connectivity index (χ3v) is 13.2. The topological polar surface area (TPSA) is 55.4 Å². The van der Waals surface area contributed by atoms with Gasteiger partial charge in [-0.25, -0.2) is 0 Å². The summed E-state index contributed by atoms with van der Waals surface area (Å²) >= 11 is 0. The van der Waals surface area contributed by atoms with Crippen LogP contribution in [0.5, 0.6) is 0 Å². The van der Waals surface area contributed by atoms with Crippen molar-refractivity contribution in [2.75, 3.05) is 0 Å². The Morgan fingerprint density at radius 1 is 0.540 bits per heavy atom. The zero-order valence-corrected chi connectivity index (χ0v) is 35.2. The molecule has 3 saturated heterocycles. The van der Waals surface area contributed by atoms with E-state index >= 15 is 0 Å². The van der Waals surface area contributed by atoms with E-state index in [4.69, 9.17) is 28.4 Å². The zero-order chi connectivity index (χ0) is 37.0. The molecular formula is C44H82O6. The first-order chi connectivity index (χ1) is 23.4. The predicted octanol–water partition coefficient (Wildman–Crippen LogP) is 11.6. The molecule has 0 amide bonds. The molecule has 0 N–H and O–H groups in total. The van der Waals surface area contributed by atoms with Crippen molar-refractivity contribution in [1.29, 1.82) is 0 Å². The lowest BCUT2D eigenvalue weighted by Gasteiger charge is -2.49. The van der Waals surface area contributed by atoms with E-state index in [2.05, 4.69) is 83.1 Å². The Bertz CT molecular complexity index is 974. The van der Waals surface area contributed by atoms with Crippen LogP contribution in [0.2, 0.25) is 0 Å². The van der Waals surface area contributed by atoms with E-state index in [1.807, 2.05) is 13.8 Å². The standard InChI is InChI=1S/C17H32O2.C14H26O2.C13H24O2/c1-7-14-13-10-12(17(4,5)6)8-9-15(13)19-16(18-14)11(2)3;1-9-12-8-11(14(3,4)5)6-7-13(12)16-10(2)15-9;1-9(2)8-13-11-6-4-5-7-12(11)14-10(3)15-13/h11-16H,7-10H2,1-6H3;9-13H,6-8H2,1-5H3;9-13H,4-8H2,1-3H3. The second-order valence-corrected chi connectivity index (χ2v) is 20.0. The number of fused-ring (bicyclic) bond motifs is 3. The van der Waals surface area contributed by atoms with Crippen LogP contribution in [0.25, 0.3) is 0 Å². The summed E-state index contributed by atoms with van der Waals surface area (Å²) in [5.74, 6) is 4.69. The molecule has 6 nitrogen and oxygen atoms in total. The van der Waals surface area contributed by atoms with Crippen LogP contribution < -0.4 is 0 Å². The monoisotopic (exact) mass is 707 g/mol. The minimum Gasteiger partial charge on any atom is -0.350 e. The van der Waals surface area contributed by atoms with E-state index in [1.54, 1.807) is 0 Å². The summed E-state index contributed by atoms with van der Waals surface area (Å²) in [6.45, 7) is 31.7. The third-order valence-electron chi connectivity index (χ3n) is 13.2. The molecule has 0 bridgehead atoms. The lowest BCUT2D eigenvalue weighted by molar-refractivity contribution is -0.294. The van der Waals surface area contributed by atoms with Gasteiger partial charge in [0.2, 0.25) is 0 Å². The zero-order valence-electron chi connectivity index (χ0n) is 35.2. The lowest BCUT2D eigenvalue weighted by atomic mass is 9.66. The Kier molecular flexibility index (Phi) is 15.6. The van der Waals surface area contributed by atoms with Gasteiger partial charge in [-0.3, -0.25) is 0 Å². The van der Waals surface area contributed by atoms with Gasteiger partial charge in [0.1, 0.15) is 0 Å². The van der Waals surface area contributed by atoms with Crippen LogP contribution in [0.15, 0.2) is 0 Å². The van der Waals surface area contributed by atoms with Crippen LogP contribution in [-0.4, -0.2) is 55.5 Å². The highest BCUT2D eigenvalue weighted by Gasteiger charge is 2.46. The first-order valence-corrected chi connectivity index (χ1v) is 21.3. The summed E-state index contributed by atoms with van der Waals surface area (Å²) in [4.78, 5) is 0. The van der Waals surface area contributed by atoms with Gasteiger partial charge in [-0.2, -0.15) is 0 Å². The van der Waals surface area contributed by atoms with E-state index in [0.29, 0.717) is 71.1 Å². The van der Waals surface area contributed by atoms with Crippen LogP contribution in [0.4, 0.5) is 0 Å². The van der Waals surface area contributed by atoms with E-state index in [9.17, 15) is 0 Å². The molecule has 0 spiro atoms. The van der Waals surface area contributed by atoms with Gasteiger partial charge in [-0.15, -0.1) is 0 Å². The molecule has 0 aromatic carbocycles. The molecule has 294 valence electrons. The van der Waals surface area contributed by atoms with E-state index in [-0.39, 0.29) is 18.9 Å². The predicted molar refractivity (Wildman–Crippen MR) is 205 cm³/mol. The van der Waals surface area contributed by atoms with Crippen molar-refractivity contribution in [2.45, 2.75) is 229 Å². The van der Waals surface area contributed by atoms with Gasteiger partial charge < -0.3 is 28.4 Å². The normalized spacial score (nSPS) is 42.2. The minimum atomic E-state index is -0.0116. The molecular weight excluding hydrogens is 624 g/mol. The number of hydrogen-bond donors (Lipinski definition) is 0. The second kappa shape index (κ2) is 18.4. The molecule has 6 heteroatoms. The highest BCUT2D eigenvalue weighted by molar-refractivity contribution is 4.93. The van der Waals surface area contributed by atoms with Crippen LogP contribution in [-0.2, 0) is 28.4 Å². The maximum atomic E-state index is 6.22. The third kappa shape index (κ3) is 11.6. The Morgan fingerprint density at radius 3 is 1.60 bits per heavy atom. The molecule has 14 atom stereocenters. The molecule has 14 unspecified atom stereocenters. The first-order valence-electron chi connectivity index (χ1n) is 21.3. The van der Waals surface area contributed by atoms with Gasteiger partial charge in [0.25, 0.3) is 0 Å². The van der Waals surface area contributed by atoms with Gasteiger partial charge in [0.15, 0.2) is 18.9 Å². The summed E-state index contributed by atoms with van der Waals surface area (Å²) in [5.41, 5.74) is 0.839. The van der Waals surface area contributed by atoms with Gasteiger partial charge in [-0.1, -0.05) is 89.0 Å². The SMILES string of the molecule is CC(C)CC1OC(C)OC2CCCCC21.CC1OC(C)C2CC(C(C)(C)C)CCC2O1.CCC1OC(C(C)C)OC2CCC(C(C)(C)C)CC12. The van der Waals surface area contributed by atoms with Crippen LogP contribution in [0, 0.1) is 52.3 Å². The maximum absolute atomic E-state index is 6.22. The summed E-state index contributed by atoms with van der Waals surface area (Å²) in [7, 11) is 0. The summed E-state index contributed by atoms with van der Waals surface area (Å²) in [6, 6.07) is 0. The van der Waals surface area contributed by atoms with Gasteiger partial charge >= 0.3 is 0 Å². The molecule has 3 heterocycles. The molecule has 3 saturated carbocycles. The second-order valence-electron chi connectivity index (χ2n) is 20.0. The smallest absolute Gasteiger partial charge is 0.160 e. The molecule has 6 rings (SSSR count). The van der Waals surface area contributed by atoms with Gasteiger partial charge in [0.05, 0.1) is 36.6 Å². The first kappa shape index (κ1) is 42.5. The summed E-state index contributed by atoms with van der Waals surface area (Å²) in [5, 5.41) is 0. The molecule has 3 aliphatic heterocycles. The van der Waals surface area contributed by atoms with Crippen LogP contribution >= 0.6 is 0 Å². The Balaban J connectivity index is 0.000000170. The van der Waals surface area contributed by atoms with Crippen molar-refractivity contribution in [3.63, 3.8) is 0 Å². The van der Waals surface area contributed by atoms with Gasteiger partial charge in [-0.05, 0) is 114 Å². The van der Waals surface area contributed by atoms with Crippen LogP contribution in [0.3, 0.4) is 0 Å². The van der Waals surface area contributed by atoms with Crippen molar-refractivity contribution in [2.24, 2.45) is 52.3 Å². The highest BCUT2D eigenvalue weighted by Crippen LogP contribution is 2.47. The van der Waals surface area contributed by atoms with E-state index < -0.39 is 0 Å². The van der Waals surface area contributed by atoms with Crippen molar-refractivity contribution < 1.29 is 28.4 Å². The summed E-state index contributed by atoms with van der Waals surface area (Å²) < 4.78 is 35.9. The Morgan fingerprint density at radius 2 is 1.06 bits per heavy atom. The summed E-state index contributed by atoms with van der Waals surface area (Å²) in [6.07, 6.45) is 17.7. The molecule has 6 aliphatic rings. The van der Waals surface area contributed by atoms with Crippen molar-refractivity contribution in [1.82, 2.24) is 0 Å². The number of hydrogen-bond acceptors (Lipinski definition) is 6. The van der Waals surface area contributed by atoms with E-state index in [0.717, 1.165) is 24.2 Å². The van der Waals surface area contributed by atoms with Crippen molar-refractivity contribution in [3.8, 4) is 0 Å². The molecule has 6 fully saturated rings. The largest absolute Gasteiger partial charge is 0.350 e. The average Bonchev–Trinajstić information content (AvgIpc) is 3.03. The molecule has 3 aliphatic carbocycles. The molecule has 50 heavy (non-hydrogen) atoms. The number of ether oxygens (including phenoxy) is 6. The Hall–Kier alpha value is -0.240. The number of rotatable bonds is 4. The quantitative estimate of drug-likeness (QED) is 0.290. The van der Waals surface area contributed by atoms with Crippen molar-refractivity contribution >= 4 is 0 Å².